The van der Waals surface area contributed by atoms with E-state index in [1.54, 1.807) is 17.7 Å². The van der Waals surface area contributed by atoms with Crippen molar-refractivity contribution < 1.29 is 4.79 Å². The summed E-state index contributed by atoms with van der Waals surface area (Å²) >= 11 is 1.67. The highest BCUT2D eigenvalue weighted by Crippen LogP contribution is 2.38. The van der Waals surface area contributed by atoms with Crippen LogP contribution in [0.15, 0.2) is 54.2 Å². The largest absolute Gasteiger partial charge is 0.310 e. The van der Waals surface area contributed by atoms with Gasteiger partial charge in [0.25, 0.3) is 0 Å². The molecule has 1 atom stereocenters. The lowest BCUT2D eigenvalue weighted by Crippen LogP contribution is -2.24. The van der Waals surface area contributed by atoms with E-state index in [0.29, 0.717) is 6.42 Å². The van der Waals surface area contributed by atoms with Crippen LogP contribution in [0.3, 0.4) is 0 Å². The summed E-state index contributed by atoms with van der Waals surface area (Å²) in [6, 6.07) is 14.0. The molecule has 0 spiro atoms. The third-order valence-electron chi connectivity index (χ3n) is 3.69. The Morgan fingerprint density at radius 1 is 1.19 bits per heavy atom. The zero-order chi connectivity index (χ0) is 14.2. The highest BCUT2D eigenvalue weighted by atomic mass is 32.1. The van der Waals surface area contributed by atoms with Crippen LogP contribution in [0, 0.1) is 0 Å². The Hall–Kier alpha value is -2.40. The maximum absolute atomic E-state index is 12.1. The summed E-state index contributed by atoms with van der Waals surface area (Å²) in [7, 11) is 0. The lowest BCUT2D eigenvalue weighted by molar-refractivity contribution is -0.116. The number of nitrogens with zero attached hydrogens (tertiary/aromatic N) is 2. The molecule has 0 unspecified atom stereocenters. The molecule has 0 saturated heterocycles. The average molecular weight is 295 g/mol. The molecule has 21 heavy (non-hydrogen) atoms. The lowest BCUT2D eigenvalue weighted by Gasteiger charge is -2.22. The number of rotatable bonds is 2. The highest BCUT2D eigenvalue weighted by molar-refractivity contribution is 7.10. The first-order valence-corrected chi connectivity index (χ1v) is 7.67. The SMILES string of the molecule is O=C1C[C@@H](c2cccs2)c2ncn(-c3ccccc3)c2N1. The van der Waals surface area contributed by atoms with Crippen molar-refractivity contribution in [2.24, 2.45) is 0 Å². The smallest absolute Gasteiger partial charge is 0.226 e. The minimum Gasteiger partial charge on any atom is -0.310 e. The van der Waals surface area contributed by atoms with Gasteiger partial charge in [0.2, 0.25) is 5.91 Å². The fraction of sp³-hybridized carbons (Fsp3) is 0.125. The topological polar surface area (TPSA) is 46.9 Å². The summed E-state index contributed by atoms with van der Waals surface area (Å²) in [5.41, 5.74) is 1.94. The molecule has 5 heteroatoms. The standard InChI is InChI=1S/C16H13N3OS/c20-14-9-12(13-7-4-8-21-13)15-16(18-14)19(10-17-15)11-5-2-1-3-6-11/h1-8,10,12H,9H2,(H,18,20)/t12-/m0/s1. The fourth-order valence-corrected chi connectivity index (χ4v) is 3.55. The fourth-order valence-electron chi connectivity index (χ4n) is 2.72. The molecular weight excluding hydrogens is 282 g/mol. The Labute approximate surface area is 126 Å². The van der Waals surface area contributed by atoms with Gasteiger partial charge in [-0.15, -0.1) is 11.3 Å². The molecular formula is C16H13N3OS. The van der Waals surface area contributed by atoms with Crippen LogP contribution >= 0.6 is 11.3 Å². The number of para-hydroxylation sites is 1. The predicted molar refractivity (Wildman–Crippen MR) is 83.0 cm³/mol. The molecule has 4 rings (SSSR count). The van der Waals surface area contributed by atoms with Crippen molar-refractivity contribution in [2.45, 2.75) is 12.3 Å². The first-order chi connectivity index (χ1) is 10.3. The van der Waals surface area contributed by atoms with Gasteiger partial charge in [-0.05, 0) is 23.6 Å². The Bertz CT molecular complexity index is 777. The number of benzene rings is 1. The summed E-state index contributed by atoms with van der Waals surface area (Å²) in [6.07, 6.45) is 2.24. The van der Waals surface area contributed by atoms with Crippen LogP contribution in [0.1, 0.15) is 22.9 Å². The van der Waals surface area contributed by atoms with Gasteiger partial charge in [0.05, 0.1) is 5.69 Å². The molecule has 1 N–H and O–H groups in total. The van der Waals surface area contributed by atoms with E-state index in [2.05, 4.69) is 16.4 Å². The van der Waals surface area contributed by atoms with E-state index in [1.807, 2.05) is 46.3 Å². The molecule has 1 aliphatic rings. The second kappa shape index (κ2) is 4.86. The molecule has 0 fully saturated rings. The van der Waals surface area contributed by atoms with E-state index in [-0.39, 0.29) is 11.8 Å². The van der Waals surface area contributed by atoms with Crippen molar-refractivity contribution in [2.75, 3.05) is 5.32 Å². The van der Waals surface area contributed by atoms with Gasteiger partial charge in [-0.25, -0.2) is 4.98 Å². The first kappa shape index (κ1) is 12.3. The molecule has 3 heterocycles. The highest BCUT2D eigenvalue weighted by Gasteiger charge is 2.31. The molecule has 3 aromatic rings. The minimum absolute atomic E-state index is 0.0404. The second-order valence-electron chi connectivity index (χ2n) is 5.00. The Morgan fingerprint density at radius 3 is 2.81 bits per heavy atom. The maximum atomic E-state index is 12.1. The number of nitrogens with one attached hydrogen (secondary N) is 1. The van der Waals surface area contributed by atoms with E-state index in [1.165, 1.54) is 4.88 Å². The number of carbonyl (C=O) groups is 1. The van der Waals surface area contributed by atoms with E-state index in [0.717, 1.165) is 17.2 Å². The second-order valence-corrected chi connectivity index (χ2v) is 5.98. The Kier molecular flexibility index (Phi) is 2.86. The van der Waals surface area contributed by atoms with E-state index in [9.17, 15) is 4.79 Å². The number of imidazole rings is 1. The van der Waals surface area contributed by atoms with E-state index >= 15 is 0 Å². The molecule has 0 bridgehead atoms. The molecule has 0 aliphatic carbocycles. The Balaban J connectivity index is 1.84. The molecule has 0 radical (unpaired) electrons. The number of fused-ring (bicyclic) bond motifs is 1. The minimum atomic E-state index is 0.0404. The van der Waals surface area contributed by atoms with Crippen LogP contribution < -0.4 is 5.32 Å². The zero-order valence-electron chi connectivity index (χ0n) is 11.2. The van der Waals surface area contributed by atoms with Crippen molar-refractivity contribution >= 4 is 23.1 Å². The summed E-state index contributed by atoms with van der Waals surface area (Å²) in [5, 5.41) is 5.00. The van der Waals surface area contributed by atoms with E-state index in [4.69, 9.17) is 0 Å². The zero-order valence-corrected chi connectivity index (χ0v) is 12.0. The van der Waals surface area contributed by atoms with Gasteiger partial charge in [-0.1, -0.05) is 24.3 Å². The van der Waals surface area contributed by atoms with Gasteiger partial charge < -0.3 is 5.32 Å². The van der Waals surface area contributed by atoms with Crippen molar-refractivity contribution in [1.29, 1.82) is 0 Å². The maximum Gasteiger partial charge on any atom is 0.226 e. The predicted octanol–water partition coefficient (Wildman–Crippen LogP) is 3.41. The number of aromatic nitrogens is 2. The number of anilines is 1. The Morgan fingerprint density at radius 2 is 2.05 bits per heavy atom. The number of carbonyl (C=O) groups excluding carboxylic acids is 1. The van der Waals surface area contributed by atoms with Gasteiger partial charge >= 0.3 is 0 Å². The van der Waals surface area contributed by atoms with Crippen LogP contribution in [0.4, 0.5) is 5.82 Å². The van der Waals surface area contributed by atoms with Crippen molar-refractivity contribution in [3.8, 4) is 5.69 Å². The van der Waals surface area contributed by atoms with Crippen LogP contribution in [0.5, 0.6) is 0 Å². The quantitative estimate of drug-likeness (QED) is 0.787. The van der Waals surface area contributed by atoms with Crippen molar-refractivity contribution in [3.63, 3.8) is 0 Å². The van der Waals surface area contributed by atoms with Gasteiger partial charge in [0.15, 0.2) is 0 Å². The van der Waals surface area contributed by atoms with Crippen LogP contribution in [-0.4, -0.2) is 15.5 Å². The molecule has 2 aromatic heterocycles. The first-order valence-electron chi connectivity index (χ1n) is 6.79. The van der Waals surface area contributed by atoms with Crippen LogP contribution in [0.25, 0.3) is 5.69 Å². The molecule has 0 saturated carbocycles. The van der Waals surface area contributed by atoms with Crippen LogP contribution in [-0.2, 0) is 4.79 Å². The van der Waals surface area contributed by atoms with Crippen molar-refractivity contribution in [3.05, 3.63) is 64.7 Å². The van der Waals surface area contributed by atoms with Crippen LogP contribution in [0.2, 0.25) is 0 Å². The summed E-state index contributed by atoms with van der Waals surface area (Å²) in [6.45, 7) is 0. The number of hydrogen-bond acceptors (Lipinski definition) is 3. The van der Waals surface area contributed by atoms with Gasteiger partial charge in [-0.3, -0.25) is 9.36 Å². The summed E-state index contributed by atoms with van der Waals surface area (Å²) < 4.78 is 1.94. The van der Waals surface area contributed by atoms with Crippen molar-refractivity contribution in [1.82, 2.24) is 9.55 Å². The third kappa shape index (κ3) is 2.06. The molecule has 1 aliphatic heterocycles. The third-order valence-corrected chi connectivity index (χ3v) is 4.68. The number of hydrogen-bond donors (Lipinski definition) is 1. The molecule has 4 nitrogen and oxygen atoms in total. The van der Waals surface area contributed by atoms with Gasteiger partial charge in [0, 0.05) is 22.9 Å². The van der Waals surface area contributed by atoms with E-state index < -0.39 is 0 Å². The number of thiophene rings is 1. The van der Waals surface area contributed by atoms with Gasteiger partial charge in [0.1, 0.15) is 12.1 Å². The van der Waals surface area contributed by atoms with Gasteiger partial charge in [-0.2, -0.15) is 0 Å². The molecule has 104 valence electrons. The molecule has 1 amide bonds. The summed E-state index contributed by atoms with van der Waals surface area (Å²) in [5.74, 6) is 0.883. The molecule has 1 aromatic carbocycles. The monoisotopic (exact) mass is 295 g/mol. The number of amides is 1. The lowest BCUT2D eigenvalue weighted by atomic mass is 9.96. The average Bonchev–Trinajstić information content (AvgIpc) is 3.17. The summed E-state index contributed by atoms with van der Waals surface area (Å²) in [4.78, 5) is 17.8. The normalized spacial score (nSPS) is 17.3.